The van der Waals surface area contributed by atoms with E-state index in [1.807, 2.05) is 12.1 Å². The summed E-state index contributed by atoms with van der Waals surface area (Å²) >= 11 is 0. The van der Waals surface area contributed by atoms with Gasteiger partial charge in [-0.2, -0.15) is 0 Å². The van der Waals surface area contributed by atoms with Crippen LogP contribution >= 0.6 is 0 Å². The molecule has 4 nitrogen and oxygen atoms in total. The van der Waals surface area contributed by atoms with Gasteiger partial charge in [0.25, 0.3) is 0 Å². The Balaban J connectivity index is 1.96. The van der Waals surface area contributed by atoms with E-state index in [-0.39, 0.29) is 0 Å². The zero-order chi connectivity index (χ0) is 15.7. The fourth-order valence-electron chi connectivity index (χ4n) is 2.74. The van der Waals surface area contributed by atoms with Gasteiger partial charge < -0.3 is 4.90 Å². The molecule has 0 unspecified atom stereocenters. The molecular formula is C16H26N2O2S. The first-order chi connectivity index (χ1) is 9.65. The molecule has 1 aliphatic rings. The van der Waals surface area contributed by atoms with Crippen LogP contribution < -0.4 is 4.90 Å². The van der Waals surface area contributed by atoms with E-state index < -0.39 is 9.84 Å². The van der Waals surface area contributed by atoms with Crippen LogP contribution in [0, 0.1) is 5.41 Å². The molecule has 0 radical (unpaired) electrons. The van der Waals surface area contributed by atoms with Crippen LogP contribution in [0.2, 0.25) is 0 Å². The van der Waals surface area contributed by atoms with Crippen LogP contribution in [-0.4, -0.2) is 52.3 Å². The second-order valence-corrected chi connectivity index (χ2v) is 9.11. The van der Waals surface area contributed by atoms with Gasteiger partial charge in [-0.3, -0.25) is 4.90 Å². The topological polar surface area (TPSA) is 40.6 Å². The molecule has 1 heterocycles. The quantitative estimate of drug-likeness (QED) is 0.859. The maximum Gasteiger partial charge on any atom is 0.175 e. The van der Waals surface area contributed by atoms with Gasteiger partial charge in [-0.15, -0.1) is 0 Å². The fraction of sp³-hybridized carbons (Fsp3) is 0.625. The minimum Gasteiger partial charge on any atom is -0.369 e. The molecule has 0 N–H and O–H groups in total. The Hall–Kier alpha value is -1.07. The Labute approximate surface area is 128 Å². The summed E-state index contributed by atoms with van der Waals surface area (Å²) in [6, 6.07) is 7.23. The predicted octanol–water partition coefficient (Wildman–Crippen LogP) is 2.26. The van der Waals surface area contributed by atoms with Crippen molar-refractivity contribution in [2.75, 3.05) is 43.9 Å². The molecule has 2 rings (SSSR count). The van der Waals surface area contributed by atoms with Gasteiger partial charge in [0, 0.05) is 44.7 Å². The average molecular weight is 310 g/mol. The summed E-state index contributed by atoms with van der Waals surface area (Å²) in [6.45, 7) is 12.0. The summed E-state index contributed by atoms with van der Waals surface area (Å²) in [4.78, 5) is 5.21. The van der Waals surface area contributed by atoms with Gasteiger partial charge in [0.15, 0.2) is 9.84 Å². The van der Waals surface area contributed by atoms with E-state index in [0.717, 1.165) is 38.4 Å². The van der Waals surface area contributed by atoms with Crippen molar-refractivity contribution in [2.24, 2.45) is 5.41 Å². The number of sulfone groups is 1. The van der Waals surface area contributed by atoms with Crippen molar-refractivity contribution in [1.29, 1.82) is 0 Å². The Morgan fingerprint density at radius 1 is 1.00 bits per heavy atom. The molecule has 1 aliphatic heterocycles. The number of nitrogens with zero attached hydrogens (tertiary/aromatic N) is 2. The van der Waals surface area contributed by atoms with Crippen LogP contribution in [-0.2, 0) is 9.84 Å². The second-order valence-electron chi connectivity index (χ2n) is 7.09. The molecule has 0 saturated carbocycles. The van der Waals surface area contributed by atoms with Crippen LogP contribution in [0.3, 0.4) is 0 Å². The second kappa shape index (κ2) is 5.97. The molecule has 1 aromatic rings. The van der Waals surface area contributed by atoms with Gasteiger partial charge >= 0.3 is 0 Å². The molecule has 1 saturated heterocycles. The van der Waals surface area contributed by atoms with Crippen LogP contribution in [0.25, 0.3) is 0 Å². The van der Waals surface area contributed by atoms with Crippen molar-refractivity contribution in [3.8, 4) is 0 Å². The van der Waals surface area contributed by atoms with Crippen LogP contribution in [0.1, 0.15) is 20.8 Å². The number of anilines is 1. The number of hydrogen-bond donors (Lipinski definition) is 0. The lowest BCUT2D eigenvalue weighted by Gasteiger charge is -2.38. The highest BCUT2D eigenvalue weighted by molar-refractivity contribution is 7.90. The molecule has 0 aliphatic carbocycles. The highest BCUT2D eigenvalue weighted by Gasteiger charge is 2.21. The SMILES string of the molecule is CC(C)(C)CN1CCN(c2ccc(S(C)(=O)=O)cc2)CC1. The minimum absolute atomic E-state index is 0.333. The molecule has 118 valence electrons. The van der Waals surface area contributed by atoms with E-state index in [0.29, 0.717) is 10.3 Å². The standard InChI is InChI=1S/C16H26N2O2S/c1-16(2,3)13-17-9-11-18(12-10-17)14-5-7-15(8-6-14)21(4,19)20/h5-8H,9-13H2,1-4H3. The van der Waals surface area contributed by atoms with Gasteiger partial charge in [-0.25, -0.2) is 8.42 Å². The smallest absolute Gasteiger partial charge is 0.175 e. The molecule has 0 aromatic heterocycles. The molecular weight excluding hydrogens is 284 g/mol. The van der Waals surface area contributed by atoms with Gasteiger partial charge in [-0.1, -0.05) is 20.8 Å². The summed E-state index contributed by atoms with van der Waals surface area (Å²) in [5.41, 5.74) is 1.44. The summed E-state index contributed by atoms with van der Waals surface area (Å²) in [6.07, 6.45) is 1.24. The fourth-order valence-corrected chi connectivity index (χ4v) is 3.37. The third-order valence-electron chi connectivity index (χ3n) is 3.70. The lowest BCUT2D eigenvalue weighted by atomic mass is 9.96. The molecule has 0 atom stereocenters. The van der Waals surface area contributed by atoms with E-state index in [4.69, 9.17) is 0 Å². The van der Waals surface area contributed by atoms with Crippen molar-refractivity contribution >= 4 is 15.5 Å². The zero-order valence-corrected chi connectivity index (χ0v) is 14.3. The maximum absolute atomic E-state index is 11.5. The molecule has 0 spiro atoms. The summed E-state index contributed by atoms with van der Waals surface area (Å²) in [7, 11) is -3.11. The van der Waals surface area contributed by atoms with Gasteiger partial charge in [-0.05, 0) is 29.7 Å². The van der Waals surface area contributed by atoms with Crippen molar-refractivity contribution in [3.05, 3.63) is 24.3 Å². The van der Waals surface area contributed by atoms with Crippen molar-refractivity contribution in [1.82, 2.24) is 4.90 Å². The van der Waals surface area contributed by atoms with Gasteiger partial charge in [0.1, 0.15) is 0 Å². The molecule has 0 amide bonds. The van der Waals surface area contributed by atoms with Gasteiger partial charge in [0.2, 0.25) is 0 Å². The molecule has 5 heteroatoms. The van der Waals surface area contributed by atoms with E-state index in [1.54, 1.807) is 12.1 Å². The summed E-state index contributed by atoms with van der Waals surface area (Å²) in [5.74, 6) is 0. The number of benzene rings is 1. The van der Waals surface area contributed by atoms with Crippen LogP contribution in [0.15, 0.2) is 29.2 Å². The Morgan fingerprint density at radius 3 is 1.95 bits per heavy atom. The van der Waals surface area contributed by atoms with E-state index in [1.165, 1.54) is 6.26 Å². The third kappa shape index (κ3) is 4.71. The minimum atomic E-state index is -3.11. The van der Waals surface area contributed by atoms with Crippen molar-refractivity contribution < 1.29 is 8.42 Å². The zero-order valence-electron chi connectivity index (χ0n) is 13.5. The van der Waals surface area contributed by atoms with Crippen molar-refractivity contribution in [2.45, 2.75) is 25.7 Å². The Morgan fingerprint density at radius 2 is 1.52 bits per heavy atom. The highest BCUT2D eigenvalue weighted by atomic mass is 32.2. The monoisotopic (exact) mass is 310 g/mol. The lowest BCUT2D eigenvalue weighted by molar-refractivity contribution is 0.182. The van der Waals surface area contributed by atoms with Crippen molar-refractivity contribution in [3.63, 3.8) is 0 Å². The Kier molecular flexibility index (Phi) is 4.63. The normalized spacial score (nSPS) is 18.0. The summed E-state index contributed by atoms with van der Waals surface area (Å²) in [5, 5.41) is 0. The first kappa shape index (κ1) is 16.3. The lowest BCUT2D eigenvalue weighted by Crippen LogP contribution is -2.48. The first-order valence-electron chi connectivity index (χ1n) is 7.43. The van der Waals surface area contributed by atoms with Crippen LogP contribution in [0.5, 0.6) is 0 Å². The predicted molar refractivity (Wildman–Crippen MR) is 87.7 cm³/mol. The largest absolute Gasteiger partial charge is 0.369 e. The third-order valence-corrected chi connectivity index (χ3v) is 4.83. The number of hydrogen-bond acceptors (Lipinski definition) is 4. The average Bonchev–Trinajstić information content (AvgIpc) is 2.37. The van der Waals surface area contributed by atoms with E-state index in [2.05, 4.69) is 30.6 Å². The molecule has 1 fully saturated rings. The molecule has 21 heavy (non-hydrogen) atoms. The first-order valence-corrected chi connectivity index (χ1v) is 9.32. The maximum atomic E-state index is 11.5. The van der Waals surface area contributed by atoms with E-state index in [9.17, 15) is 8.42 Å². The van der Waals surface area contributed by atoms with Gasteiger partial charge in [0.05, 0.1) is 4.90 Å². The molecule has 1 aromatic carbocycles. The highest BCUT2D eigenvalue weighted by Crippen LogP contribution is 2.21. The molecule has 0 bridgehead atoms. The Bertz CT molecular complexity index is 565. The number of piperazine rings is 1. The van der Waals surface area contributed by atoms with Crippen LogP contribution in [0.4, 0.5) is 5.69 Å². The summed E-state index contributed by atoms with van der Waals surface area (Å²) < 4.78 is 23.0. The number of rotatable bonds is 3. The van der Waals surface area contributed by atoms with E-state index >= 15 is 0 Å².